The first-order valence-electron chi connectivity index (χ1n) is 8.93. The summed E-state index contributed by atoms with van der Waals surface area (Å²) in [5.41, 5.74) is 7.44. The maximum Gasteiger partial charge on any atom is 0.226 e. The van der Waals surface area contributed by atoms with Crippen LogP contribution in [-0.2, 0) is 0 Å². The number of nitrogen functional groups attached to an aromatic ring is 1. The van der Waals surface area contributed by atoms with E-state index in [1.54, 1.807) is 43.3 Å². The molecule has 8 nitrogen and oxygen atoms in total. The average molecular weight is 423 g/mol. The predicted molar refractivity (Wildman–Crippen MR) is 115 cm³/mol. The molecule has 0 spiro atoms. The molecule has 2 aromatic heterocycles. The number of nitrogens with two attached hydrogens (primary N) is 1. The van der Waals surface area contributed by atoms with E-state index in [4.69, 9.17) is 10.5 Å². The molecule has 0 aliphatic carbocycles. The number of H-pyrrole nitrogens is 1. The minimum absolute atomic E-state index is 0.327. The normalized spacial score (nSPS) is 10.8. The second-order valence-electron chi connectivity index (χ2n) is 6.33. The zero-order valence-electron chi connectivity index (χ0n) is 16.2. The lowest BCUT2D eigenvalue weighted by atomic mass is 10.2. The summed E-state index contributed by atoms with van der Waals surface area (Å²) in [5.74, 6) is 1.85. The summed E-state index contributed by atoms with van der Waals surface area (Å²) in [4.78, 5) is 11.4. The van der Waals surface area contributed by atoms with Crippen molar-refractivity contribution in [1.29, 1.82) is 0 Å². The number of ether oxygens (including phenoxy) is 1. The summed E-state index contributed by atoms with van der Waals surface area (Å²) >= 11 is 1.38. The van der Waals surface area contributed by atoms with Gasteiger partial charge in [0, 0.05) is 11.6 Å². The number of aromatic amines is 1. The molecular formula is C20H18FN7OS. The van der Waals surface area contributed by atoms with Gasteiger partial charge in [0.05, 0.1) is 5.69 Å². The molecule has 4 rings (SSSR count). The van der Waals surface area contributed by atoms with E-state index in [2.05, 4.69) is 30.5 Å². The largest absolute Gasteiger partial charge is 0.439 e. The molecule has 0 amide bonds. The fourth-order valence-corrected chi connectivity index (χ4v) is 3.06. The van der Waals surface area contributed by atoms with Gasteiger partial charge in [0.25, 0.3) is 0 Å². The van der Waals surface area contributed by atoms with Crippen molar-refractivity contribution in [2.45, 2.75) is 12.1 Å². The van der Waals surface area contributed by atoms with E-state index in [0.29, 0.717) is 45.6 Å². The lowest BCUT2D eigenvalue weighted by Crippen LogP contribution is -1.97. The van der Waals surface area contributed by atoms with Gasteiger partial charge in [0.2, 0.25) is 11.8 Å². The number of aromatic nitrogens is 5. The van der Waals surface area contributed by atoms with Gasteiger partial charge in [0.15, 0.2) is 11.0 Å². The zero-order valence-corrected chi connectivity index (χ0v) is 17.0. The van der Waals surface area contributed by atoms with E-state index in [-0.39, 0.29) is 5.82 Å². The van der Waals surface area contributed by atoms with Crippen LogP contribution in [0.5, 0.6) is 11.6 Å². The summed E-state index contributed by atoms with van der Waals surface area (Å²) in [5, 5.41) is 11.6. The molecule has 0 fully saturated rings. The highest BCUT2D eigenvalue weighted by Gasteiger charge is 2.10. The van der Waals surface area contributed by atoms with E-state index < -0.39 is 0 Å². The standard InChI is InChI=1S/C20H18FN7OS/c1-11-4-3-5-14(17(11)21)23-19-26-18(27-28-19)12-6-8-13(9-7-12)29-16-10-15(22)24-20(25-16)30-2/h3-10H,1-2H3,(H2,22,24,25)(H2,23,26,27,28). The van der Waals surface area contributed by atoms with E-state index in [1.165, 1.54) is 11.8 Å². The molecule has 0 saturated carbocycles. The maximum absolute atomic E-state index is 14.2. The molecule has 0 saturated heterocycles. The molecular weight excluding hydrogens is 405 g/mol. The number of nitrogens with zero attached hydrogens (tertiary/aromatic N) is 4. The smallest absolute Gasteiger partial charge is 0.226 e. The number of halogens is 1. The molecule has 2 heterocycles. The molecule has 0 aliphatic heterocycles. The van der Waals surface area contributed by atoms with Gasteiger partial charge in [-0.25, -0.2) is 9.37 Å². The number of aryl methyl sites for hydroxylation is 1. The van der Waals surface area contributed by atoms with Gasteiger partial charge >= 0.3 is 0 Å². The first-order chi connectivity index (χ1) is 14.5. The molecule has 4 aromatic rings. The van der Waals surface area contributed by atoms with Gasteiger partial charge in [-0.1, -0.05) is 23.9 Å². The Morgan fingerprint density at radius 1 is 1.10 bits per heavy atom. The Morgan fingerprint density at radius 2 is 1.90 bits per heavy atom. The number of hydrogen-bond acceptors (Lipinski definition) is 8. The first kappa shape index (κ1) is 19.6. The predicted octanol–water partition coefficient (Wildman–Crippen LogP) is 4.55. The molecule has 152 valence electrons. The number of hydrogen-bond donors (Lipinski definition) is 3. The van der Waals surface area contributed by atoms with Gasteiger partial charge < -0.3 is 20.8 Å². The van der Waals surface area contributed by atoms with Crippen LogP contribution in [0.1, 0.15) is 5.56 Å². The maximum atomic E-state index is 14.2. The van der Waals surface area contributed by atoms with Crippen LogP contribution in [0.2, 0.25) is 0 Å². The Bertz CT molecular complexity index is 1180. The minimum atomic E-state index is -0.327. The molecule has 4 N–H and O–H groups in total. The first-order valence-corrected chi connectivity index (χ1v) is 10.2. The second-order valence-corrected chi connectivity index (χ2v) is 7.10. The van der Waals surface area contributed by atoms with E-state index in [1.807, 2.05) is 18.4 Å². The van der Waals surface area contributed by atoms with Crippen molar-refractivity contribution in [3.05, 3.63) is 59.9 Å². The van der Waals surface area contributed by atoms with Crippen LogP contribution in [0.4, 0.5) is 21.8 Å². The summed E-state index contributed by atoms with van der Waals surface area (Å²) < 4.78 is 19.9. The molecule has 30 heavy (non-hydrogen) atoms. The summed E-state index contributed by atoms with van der Waals surface area (Å²) in [7, 11) is 0. The van der Waals surface area contributed by atoms with Crippen molar-refractivity contribution in [2.75, 3.05) is 17.3 Å². The third kappa shape index (κ3) is 4.33. The number of anilines is 3. The van der Waals surface area contributed by atoms with Crippen LogP contribution in [0.25, 0.3) is 11.4 Å². The Morgan fingerprint density at radius 3 is 2.67 bits per heavy atom. The van der Waals surface area contributed by atoms with Crippen molar-refractivity contribution in [3.8, 4) is 23.0 Å². The van der Waals surface area contributed by atoms with Gasteiger partial charge in [-0.15, -0.1) is 10.2 Å². The molecule has 0 radical (unpaired) electrons. The number of nitrogens with one attached hydrogen (secondary N) is 2. The van der Waals surface area contributed by atoms with Gasteiger partial charge in [0.1, 0.15) is 17.4 Å². The van der Waals surface area contributed by atoms with E-state index in [0.717, 1.165) is 5.56 Å². The highest BCUT2D eigenvalue weighted by atomic mass is 32.2. The second kappa shape index (κ2) is 8.37. The fourth-order valence-electron chi connectivity index (χ4n) is 2.69. The van der Waals surface area contributed by atoms with Crippen LogP contribution < -0.4 is 15.8 Å². The van der Waals surface area contributed by atoms with Crippen molar-refractivity contribution in [1.82, 2.24) is 25.1 Å². The lowest BCUT2D eigenvalue weighted by molar-refractivity contribution is 0.456. The van der Waals surface area contributed by atoms with Gasteiger partial charge in [-0.3, -0.25) is 0 Å². The van der Waals surface area contributed by atoms with Crippen molar-refractivity contribution >= 4 is 29.2 Å². The van der Waals surface area contributed by atoms with E-state index >= 15 is 0 Å². The fraction of sp³-hybridized carbons (Fsp3) is 0.100. The van der Waals surface area contributed by atoms with E-state index in [9.17, 15) is 4.39 Å². The monoisotopic (exact) mass is 423 g/mol. The molecule has 0 unspecified atom stereocenters. The summed E-state index contributed by atoms with van der Waals surface area (Å²) in [6.45, 7) is 1.70. The Labute approximate surface area is 176 Å². The van der Waals surface area contributed by atoms with Crippen LogP contribution in [0, 0.1) is 12.7 Å². The number of thioether (sulfide) groups is 1. The topological polar surface area (TPSA) is 115 Å². The van der Waals surface area contributed by atoms with Crippen LogP contribution >= 0.6 is 11.8 Å². The third-order valence-corrected chi connectivity index (χ3v) is 4.71. The van der Waals surface area contributed by atoms with Gasteiger partial charge in [-0.2, -0.15) is 4.98 Å². The molecule has 10 heteroatoms. The highest BCUT2D eigenvalue weighted by molar-refractivity contribution is 7.98. The van der Waals surface area contributed by atoms with Gasteiger partial charge in [-0.05, 0) is 49.1 Å². The minimum Gasteiger partial charge on any atom is -0.439 e. The quantitative estimate of drug-likeness (QED) is 0.306. The SMILES string of the molecule is CSc1nc(N)cc(Oc2ccc(-c3nnc(Nc4cccc(C)c4F)[nH]3)cc2)n1. The van der Waals surface area contributed by atoms with Crippen molar-refractivity contribution in [3.63, 3.8) is 0 Å². The van der Waals surface area contributed by atoms with Crippen molar-refractivity contribution in [2.24, 2.45) is 0 Å². The Hall–Kier alpha value is -3.66. The molecule has 0 atom stereocenters. The Kier molecular flexibility index (Phi) is 5.48. The summed E-state index contributed by atoms with van der Waals surface area (Å²) in [6, 6.07) is 13.9. The lowest BCUT2D eigenvalue weighted by Gasteiger charge is -2.07. The third-order valence-electron chi connectivity index (χ3n) is 4.17. The van der Waals surface area contributed by atoms with Crippen LogP contribution in [0.15, 0.2) is 53.7 Å². The molecule has 0 aliphatic rings. The Balaban J connectivity index is 1.48. The average Bonchev–Trinajstić information content (AvgIpc) is 3.20. The van der Waals surface area contributed by atoms with Crippen LogP contribution in [0.3, 0.4) is 0 Å². The molecule has 0 bridgehead atoms. The molecule has 2 aromatic carbocycles. The van der Waals surface area contributed by atoms with Crippen molar-refractivity contribution < 1.29 is 9.13 Å². The zero-order chi connectivity index (χ0) is 21.1. The van der Waals surface area contributed by atoms with Crippen LogP contribution in [-0.4, -0.2) is 31.4 Å². The number of benzene rings is 2. The summed E-state index contributed by atoms with van der Waals surface area (Å²) in [6.07, 6.45) is 1.86. The number of rotatable bonds is 6. The highest BCUT2D eigenvalue weighted by Crippen LogP contribution is 2.26.